The van der Waals surface area contributed by atoms with Gasteiger partial charge in [0.25, 0.3) is 0 Å². The fourth-order valence-corrected chi connectivity index (χ4v) is 3.03. The molecule has 1 rings (SSSR count). The van der Waals surface area contributed by atoms with E-state index in [1.54, 1.807) is 0 Å². The van der Waals surface area contributed by atoms with Gasteiger partial charge in [0, 0.05) is 0 Å². The molecule has 2 atom stereocenters. The average molecular weight is 184 g/mol. The smallest absolute Gasteiger partial charge is 0.0678 e. The summed E-state index contributed by atoms with van der Waals surface area (Å²) >= 11 is 0. The van der Waals surface area contributed by atoms with E-state index in [0.29, 0.717) is 17.3 Å². The lowest BCUT2D eigenvalue weighted by molar-refractivity contribution is -0.0896. The van der Waals surface area contributed by atoms with Crippen LogP contribution in [0.2, 0.25) is 0 Å². The van der Waals surface area contributed by atoms with Gasteiger partial charge in [0.15, 0.2) is 0 Å². The Morgan fingerprint density at radius 3 is 2.15 bits per heavy atom. The molecule has 0 bridgehead atoms. The van der Waals surface area contributed by atoms with Crippen molar-refractivity contribution in [3.05, 3.63) is 0 Å². The van der Waals surface area contributed by atoms with Crippen LogP contribution in [0.3, 0.4) is 0 Å². The van der Waals surface area contributed by atoms with Gasteiger partial charge in [-0.15, -0.1) is 0 Å². The van der Waals surface area contributed by atoms with E-state index in [1.165, 1.54) is 6.42 Å². The van der Waals surface area contributed by atoms with Gasteiger partial charge >= 0.3 is 0 Å². The highest BCUT2D eigenvalue weighted by molar-refractivity contribution is 4.94. The van der Waals surface area contributed by atoms with Crippen LogP contribution in [0.4, 0.5) is 0 Å². The molecule has 1 heteroatoms. The molecule has 0 saturated heterocycles. The van der Waals surface area contributed by atoms with Gasteiger partial charge in [0.05, 0.1) is 5.60 Å². The van der Waals surface area contributed by atoms with Crippen molar-refractivity contribution in [2.75, 3.05) is 0 Å². The highest BCUT2D eigenvalue weighted by Crippen LogP contribution is 2.46. The molecule has 1 saturated carbocycles. The third-order valence-corrected chi connectivity index (χ3v) is 3.46. The summed E-state index contributed by atoms with van der Waals surface area (Å²) in [7, 11) is 0. The van der Waals surface area contributed by atoms with Gasteiger partial charge in [-0.3, -0.25) is 0 Å². The molecule has 1 aliphatic rings. The van der Waals surface area contributed by atoms with Crippen LogP contribution in [-0.4, -0.2) is 10.7 Å². The second-order valence-electron chi connectivity index (χ2n) is 6.11. The Morgan fingerprint density at radius 1 is 1.23 bits per heavy atom. The van der Waals surface area contributed by atoms with Crippen molar-refractivity contribution < 1.29 is 5.11 Å². The van der Waals surface area contributed by atoms with Crippen molar-refractivity contribution in [2.24, 2.45) is 17.3 Å². The standard InChI is InChI=1S/C12H24O/c1-9(2)12(13)7-10(3)6-11(4,5)8-12/h9-10,13H,6-8H2,1-5H3. The molecule has 0 aromatic rings. The Hall–Kier alpha value is -0.0400. The van der Waals surface area contributed by atoms with Crippen molar-refractivity contribution >= 4 is 0 Å². The van der Waals surface area contributed by atoms with Crippen LogP contribution >= 0.6 is 0 Å². The van der Waals surface area contributed by atoms with Crippen molar-refractivity contribution in [3.8, 4) is 0 Å². The summed E-state index contributed by atoms with van der Waals surface area (Å²) in [6.45, 7) is 11.1. The number of aliphatic hydroxyl groups is 1. The minimum absolute atomic E-state index is 0.316. The molecule has 1 nitrogen and oxygen atoms in total. The highest BCUT2D eigenvalue weighted by Gasteiger charge is 2.43. The zero-order valence-corrected chi connectivity index (χ0v) is 9.72. The van der Waals surface area contributed by atoms with E-state index in [0.717, 1.165) is 12.8 Å². The molecule has 1 fully saturated rings. The lowest BCUT2D eigenvalue weighted by Crippen LogP contribution is -2.45. The maximum Gasteiger partial charge on any atom is 0.0678 e. The van der Waals surface area contributed by atoms with Crippen LogP contribution < -0.4 is 0 Å². The van der Waals surface area contributed by atoms with Crippen molar-refractivity contribution in [3.63, 3.8) is 0 Å². The first-order chi connectivity index (χ1) is 5.75. The molecule has 0 radical (unpaired) electrons. The Morgan fingerprint density at radius 2 is 1.77 bits per heavy atom. The fourth-order valence-electron chi connectivity index (χ4n) is 3.03. The molecule has 1 aliphatic carbocycles. The van der Waals surface area contributed by atoms with Crippen LogP contribution in [0.25, 0.3) is 0 Å². The maximum atomic E-state index is 10.5. The van der Waals surface area contributed by atoms with Gasteiger partial charge in [0.2, 0.25) is 0 Å². The number of rotatable bonds is 1. The van der Waals surface area contributed by atoms with Crippen LogP contribution in [-0.2, 0) is 0 Å². The maximum absolute atomic E-state index is 10.5. The topological polar surface area (TPSA) is 20.2 Å². The summed E-state index contributed by atoms with van der Waals surface area (Å²) in [5.74, 6) is 1.05. The number of hydrogen-bond acceptors (Lipinski definition) is 1. The Labute approximate surface area is 82.5 Å². The SMILES string of the molecule is CC1CC(C)(C)CC(O)(C(C)C)C1. The Balaban J connectivity index is 2.78. The molecular formula is C12H24O. The number of hydrogen-bond donors (Lipinski definition) is 1. The molecule has 0 spiro atoms. The third kappa shape index (κ3) is 2.46. The van der Waals surface area contributed by atoms with E-state index in [4.69, 9.17) is 0 Å². The zero-order chi connectivity index (χ0) is 10.3. The summed E-state index contributed by atoms with van der Waals surface area (Å²) < 4.78 is 0. The molecule has 0 aromatic carbocycles. The third-order valence-electron chi connectivity index (χ3n) is 3.46. The van der Waals surface area contributed by atoms with E-state index in [9.17, 15) is 5.11 Å². The van der Waals surface area contributed by atoms with Crippen LogP contribution in [0.5, 0.6) is 0 Å². The van der Waals surface area contributed by atoms with Crippen LogP contribution in [0.15, 0.2) is 0 Å². The molecule has 0 heterocycles. The monoisotopic (exact) mass is 184 g/mol. The largest absolute Gasteiger partial charge is 0.390 e. The molecule has 1 N–H and O–H groups in total. The summed E-state index contributed by atoms with van der Waals surface area (Å²) in [6.07, 6.45) is 3.19. The van der Waals surface area contributed by atoms with Crippen LogP contribution in [0.1, 0.15) is 53.9 Å². The Kier molecular flexibility index (Phi) is 2.78. The van der Waals surface area contributed by atoms with Gasteiger partial charge in [-0.2, -0.15) is 0 Å². The van der Waals surface area contributed by atoms with Gasteiger partial charge in [-0.25, -0.2) is 0 Å². The van der Waals surface area contributed by atoms with Gasteiger partial charge in [-0.05, 0) is 36.5 Å². The first-order valence-electron chi connectivity index (χ1n) is 5.48. The lowest BCUT2D eigenvalue weighted by atomic mass is 9.63. The molecule has 13 heavy (non-hydrogen) atoms. The Bertz CT molecular complexity index is 184. The van der Waals surface area contributed by atoms with Crippen molar-refractivity contribution in [1.29, 1.82) is 0 Å². The summed E-state index contributed by atoms with van der Waals surface area (Å²) in [5.41, 5.74) is -0.0994. The highest BCUT2D eigenvalue weighted by atomic mass is 16.3. The van der Waals surface area contributed by atoms with E-state index in [1.807, 2.05) is 0 Å². The van der Waals surface area contributed by atoms with Crippen molar-refractivity contribution in [1.82, 2.24) is 0 Å². The van der Waals surface area contributed by atoms with Gasteiger partial charge in [-0.1, -0.05) is 34.6 Å². The lowest BCUT2D eigenvalue weighted by Gasteiger charge is -2.46. The summed E-state index contributed by atoms with van der Waals surface area (Å²) in [5, 5.41) is 10.5. The molecule has 78 valence electrons. The predicted octanol–water partition coefficient (Wildman–Crippen LogP) is 3.22. The van der Waals surface area contributed by atoms with E-state index in [2.05, 4.69) is 34.6 Å². The molecule has 0 aromatic heterocycles. The summed E-state index contributed by atoms with van der Waals surface area (Å²) in [6, 6.07) is 0. The van der Waals surface area contributed by atoms with Gasteiger partial charge < -0.3 is 5.11 Å². The minimum Gasteiger partial charge on any atom is -0.390 e. The average Bonchev–Trinajstić information content (AvgIpc) is 1.79. The first-order valence-corrected chi connectivity index (χ1v) is 5.48. The second kappa shape index (κ2) is 3.27. The minimum atomic E-state index is -0.416. The van der Waals surface area contributed by atoms with E-state index >= 15 is 0 Å². The summed E-state index contributed by atoms with van der Waals surface area (Å²) in [4.78, 5) is 0. The second-order valence-corrected chi connectivity index (χ2v) is 6.11. The fraction of sp³-hybridized carbons (Fsp3) is 1.00. The van der Waals surface area contributed by atoms with E-state index < -0.39 is 5.60 Å². The molecular weight excluding hydrogens is 160 g/mol. The zero-order valence-electron chi connectivity index (χ0n) is 9.72. The predicted molar refractivity (Wildman–Crippen MR) is 56.6 cm³/mol. The van der Waals surface area contributed by atoms with Crippen molar-refractivity contribution in [2.45, 2.75) is 59.5 Å². The van der Waals surface area contributed by atoms with E-state index in [-0.39, 0.29) is 0 Å². The first kappa shape index (κ1) is 11.0. The van der Waals surface area contributed by atoms with Crippen LogP contribution in [0, 0.1) is 17.3 Å². The molecule has 0 amide bonds. The normalized spacial score (nSPS) is 39.5. The van der Waals surface area contributed by atoms with Gasteiger partial charge in [0.1, 0.15) is 0 Å². The molecule has 0 aliphatic heterocycles. The molecule has 2 unspecified atom stereocenters. The quantitative estimate of drug-likeness (QED) is 0.663.